The van der Waals surface area contributed by atoms with Crippen LogP contribution in [-0.2, 0) is 11.8 Å². The lowest BCUT2D eigenvalue weighted by Crippen LogP contribution is -2.39. The summed E-state index contributed by atoms with van der Waals surface area (Å²) < 4.78 is 15.5. The number of carbonyl (C=O) groups excluding carboxylic acids is 1. The zero-order valence-electron chi connectivity index (χ0n) is 15.2. The van der Waals surface area contributed by atoms with Gasteiger partial charge in [-0.15, -0.1) is 0 Å². The summed E-state index contributed by atoms with van der Waals surface area (Å²) in [6.07, 6.45) is 4.07. The van der Waals surface area contributed by atoms with Crippen molar-refractivity contribution in [3.63, 3.8) is 0 Å². The predicted octanol–water partition coefficient (Wildman–Crippen LogP) is 1.53. The standard InChI is InChI=1S/C17H21FN8O/c1-11-6-21-17(23-13-7-22-25(2)10-13)24-16(11)20-8-14-5-12(18)9-26(14)15(27)3-4-19/h6-7,10,12,14H,3,5,8-9H2,1-2H3,(H2,20,21,23,24). The molecular formula is C17H21FN8O. The van der Waals surface area contributed by atoms with Gasteiger partial charge in [0, 0.05) is 38.0 Å². The van der Waals surface area contributed by atoms with Crippen LogP contribution < -0.4 is 10.6 Å². The van der Waals surface area contributed by atoms with Crippen LogP contribution in [-0.4, -0.2) is 55.9 Å². The molecule has 0 aliphatic carbocycles. The minimum absolute atomic E-state index is 0.0312. The van der Waals surface area contributed by atoms with E-state index in [1.54, 1.807) is 23.3 Å². The highest BCUT2D eigenvalue weighted by Crippen LogP contribution is 2.23. The quantitative estimate of drug-likeness (QED) is 0.791. The molecule has 2 aromatic rings. The molecule has 2 unspecified atom stereocenters. The first-order valence-corrected chi connectivity index (χ1v) is 8.60. The average Bonchev–Trinajstić information content (AvgIpc) is 3.21. The van der Waals surface area contributed by atoms with Crippen LogP contribution in [0.4, 0.5) is 21.8 Å². The lowest BCUT2D eigenvalue weighted by molar-refractivity contribution is -0.130. The fraction of sp³-hybridized carbons (Fsp3) is 0.471. The van der Waals surface area contributed by atoms with Gasteiger partial charge < -0.3 is 15.5 Å². The maximum Gasteiger partial charge on any atom is 0.237 e. The molecular weight excluding hydrogens is 351 g/mol. The molecule has 10 heteroatoms. The van der Waals surface area contributed by atoms with E-state index in [4.69, 9.17) is 5.26 Å². The molecule has 1 saturated heterocycles. The van der Waals surface area contributed by atoms with Crippen molar-refractivity contribution in [1.82, 2.24) is 24.6 Å². The third-order valence-electron chi connectivity index (χ3n) is 4.35. The Bertz CT molecular complexity index is 861. The first-order valence-electron chi connectivity index (χ1n) is 8.60. The van der Waals surface area contributed by atoms with Crippen LogP contribution in [0.2, 0.25) is 0 Å². The number of halogens is 1. The monoisotopic (exact) mass is 372 g/mol. The van der Waals surface area contributed by atoms with Crippen molar-refractivity contribution >= 4 is 23.4 Å². The number of alkyl halides is 1. The molecule has 1 amide bonds. The number of anilines is 3. The van der Waals surface area contributed by atoms with Crippen LogP contribution >= 0.6 is 0 Å². The Kier molecular flexibility index (Phi) is 5.49. The summed E-state index contributed by atoms with van der Waals surface area (Å²) in [4.78, 5) is 22.1. The third kappa shape index (κ3) is 4.49. The Morgan fingerprint density at radius 1 is 1.48 bits per heavy atom. The van der Waals surface area contributed by atoms with Crippen molar-refractivity contribution in [3.8, 4) is 6.07 Å². The SMILES string of the molecule is Cc1cnc(Nc2cnn(C)c2)nc1NCC1CC(F)CN1C(=O)CC#N. The zero-order valence-corrected chi connectivity index (χ0v) is 15.2. The Morgan fingerprint density at radius 2 is 2.30 bits per heavy atom. The summed E-state index contributed by atoms with van der Waals surface area (Å²) in [7, 11) is 1.81. The Morgan fingerprint density at radius 3 is 3.00 bits per heavy atom. The van der Waals surface area contributed by atoms with E-state index >= 15 is 0 Å². The maximum absolute atomic E-state index is 13.8. The van der Waals surface area contributed by atoms with E-state index in [2.05, 4.69) is 25.7 Å². The van der Waals surface area contributed by atoms with Gasteiger partial charge in [0.1, 0.15) is 18.4 Å². The van der Waals surface area contributed by atoms with Crippen LogP contribution in [0.1, 0.15) is 18.4 Å². The van der Waals surface area contributed by atoms with Crippen molar-refractivity contribution < 1.29 is 9.18 Å². The van der Waals surface area contributed by atoms with Crippen molar-refractivity contribution in [2.45, 2.75) is 32.0 Å². The Labute approximate surface area is 156 Å². The average molecular weight is 372 g/mol. The van der Waals surface area contributed by atoms with Gasteiger partial charge in [-0.1, -0.05) is 0 Å². The number of hydrogen-bond acceptors (Lipinski definition) is 7. The van der Waals surface area contributed by atoms with Crippen molar-refractivity contribution in [2.24, 2.45) is 7.05 Å². The van der Waals surface area contributed by atoms with Gasteiger partial charge in [-0.3, -0.25) is 9.48 Å². The zero-order chi connectivity index (χ0) is 19.4. The van der Waals surface area contributed by atoms with Crippen molar-refractivity contribution in [2.75, 3.05) is 23.7 Å². The first kappa shape index (κ1) is 18.6. The van der Waals surface area contributed by atoms with Crippen LogP contribution in [0.5, 0.6) is 0 Å². The number of nitrogens with one attached hydrogen (secondary N) is 2. The van der Waals surface area contributed by atoms with Crippen LogP contribution in [0.25, 0.3) is 0 Å². The number of aryl methyl sites for hydroxylation is 2. The number of hydrogen-bond donors (Lipinski definition) is 2. The smallest absolute Gasteiger partial charge is 0.237 e. The number of amides is 1. The molecule has 3 rings (SSSR count). The number of aromatic nitrogens is 4. The number of carbonyl (C=O) groups is 1. The fourth-order valence-corrected chi connectivity index (χ4v) is 3.04. The van der Waals surface area contributed by atoms with E-state index in [1.807, 2.05) is 20.0 Å². The second kappa shape index (κ2) is 7.99. The molecule has 1 aliphatic heterocycles. The molecule has 3 heterocycles. The molecule has 0 saturated carbocycles. The van der Waals surface area contributed by atoms with Gasteiger partial charge in [-0.05, 0) is 6.92 Å². The minimum atomic E-state index is -1.08. The maximum atomic E-state index is 13.8. The van der Waals surface area contributed by atoms with Crippen molar-refractivity contribution in [3.05, 3.63) is 24.2 Å². The molecule has 0 spiro atoms. The molecule has 2 aromatic heterocycles. The highest BCUT2D eigenvalue weighted by molar-refractivity contribution is 5.79. The van der Waals surface area contributed by atoms with Gasteiger partial charge >= 0.3 is 0 Å². The van der Waals surface area contributed by atoms with E-state index in [9.17, 15) is 9.18 Å². The Balaban J connectivity index is 1.67. The van der Waals surface area contributed by atoms with E-state index in [0.29, 0.717) is 18.3 Å². The van der Waals surface area contributed by atoms with Gasteiger partial charge in [0.2, 0.25) is 11.9 Å². The molecule has 0 aromatic carbocycles. The van der Waals surface area contributed by atoms with E-state index in [0.717, 1.165) is 11.3 Å². The van der Waals surface area contributed by atoms with Crippen LogP contribution in [0.15, 0.2) is 18.6 Å². The predicted molar refractivity (Wildman–Crippen MR) is 97.0 cm³/mol. The lowest BCUT2D eigenvalue weighted by atomic mass is 10.2. The second-order valence-corrected chi connectivity index (χ2v) is 6.50. The van der Waals surface area contributed by atoms with Crippen LogP contribution in [0.3, 0.4) is 0 Å². The number of nitrogens with zero attached hydrogens (tertiary/aromatic N) is 6. The summed E-state index contributed by atoms with van der Waals surface area (Å²) in [5, 5.41) is 19.0. The molecule has 9 nitrogen and oxygen atoms in total. The molecule has 2 N–H and O–H groups in total. The van der Waals surface area contributed by atoms with E-state index in [-0.39, 0.29) is 31.3 Å². The largest absolute Gasteiger partial charge is 0.368 e. The van der Waals surface area contributed by atoms with E-state index < -0.39 is 6.17 Å². The van der Waals surface area contributed by atoms with Gasteiger partial charge in [0.05, 0.1) is 30.5 Å². The van der Waals surface area contributed by atoms with Crippen molar-refractivity contribution in [1.29, 1.82) is 5.26 Å². The van der Waals surface area contributed by atoms with Gasteiger partial charge in [0.25, 0.3) is 0 Å². The molecule has 27 heavy (non-hydrogen) atoms. The number of likely N-dealkylation sites (tertiary alicyclic amines) is 1. The lowest BCUT2D eigenvalue weighted by Gasteiger charge is -2.24. The van der Waals surface area contributed by atoms with Crippen LogP contribution in [0, 0.1) is 18.3 Å². The summed E-state index contributed by atoms with van der Waals surface area (Å²) in [6.45, 7) is 2.24. The highest BCUT2D eigenvalue weighted by atomic mass is 19.1. The molecule has 0 bridgehead atoms. The summed E-state index contributed by atoms with van der Waals surface area (Å²) in [5.41, 5.74) is 1.59. The first-order chi connectivity index (χ1) is 13.0. The molecule has 0 radical (unpaired) electrons. The normalized spacial score (nSPS) is 19.0. The number of rotatable bonds is 6. The highest BCUT2D eigenvalue weighted by Gasteiger charge is 2.35. The molecule has 1 aliphatic rings. The topological polar surface area (TPSA) is 112 Å². The summed E-state index contributed by atoms with van der Waals surface area (Å²) in [5.74, 6) is 0.664. The number of nitriles is 1. The molecule has 1 fully saturated rings. The second-order valence-electron chi connectivity index (χ2n) is 6.50. The Hall–Kier alpha value is -3.22. The minimum Gasteiger partial charge on any atom is -0.368 e. The van der Waals surface area contributed by atoms with E-state index in [1.165, 1.54) is 4.90 Å². The van der Waals surface area contributed by atoms with Gasteiger partial charge in [-0.2, -0.15) is 15.3 Å². The fourth-order valence-electron chi connectivity index (χ4n) is 3.04. The molecule has 142 valence electrons. The van der Waals surface area contributed by atoms with Gasteiger partial charge in [-0.25, -0.2) is 9.37 Å². The summed E-state index contributed by atoms with van der Waals surface area (Å²) in [6, 6.07) is 1.51. The third-order valence-corrected chi connectivity index (χ3v) is 4.35. The van der Waals surface area contributed by atoms with Gasteiger partial charge in [0.15, 0.2) is 0 Å². The summed E-state index contributed by atoms with van der Waals surface area (Å²) >= 11 is 0. The molecule has 2 atom stereocenters.